The smallest absolute Gasteiger partial charge is 0.130 e. The monoisotopic (exact) mass is 282 g/mol. The van der Waals surface area contributed by atoms with Crippen LogP contribution in [0.15, 0.2) is 24.3 Å². The zero-order valence-corrected chi connectivity index (χ0v) is 11.4. The van der Waals surface area contributed by atoms with Crippen molar-refractivity contribution in [2.75, 3.05) is 0 Å². The average Bonchev–Trinajstić information content (AvgIpc) is 2.32. The standard InChI is InChI=1S/C13H12ClFN2S/c1-2-3-12-16-11(7-13(18)17-12)9-6-8(15)4-5-10(9)14/h4-7H,2-3H2,1H3,(H,16,17,18). The normalized spacial score (nSPS) is 10.6. The first-order valence-electron chi connectivity index (χ1n) is 5.66. The van der Waals surface area contributed by atoms with Gasteiger partial charge in [-0.1, -0.05) is 30.7 Å². The molecule has 0 fully saturated rings. The van der Waals surface area contributed by atoms with Gasteiger partial charge >= 0.3 is 0 Å². The van der Waals surface area contributed by atoms with E-state index in [1.807, 2.05) is 0 Å². The van der Waals surface area contributed by atoms with Crippen molar-refractivity contribution in [3.63, 3.8) is 0 Å². The highest BCUT2D eigenvalue weighted by Crippen LogP contribution is 2.27. The lowest BCUT2D eigenvalue weighted by molar-refractivity contribution is 0.628. The number of hydrogen-bond acceptors (Lipinski definition) is 2. The lowest BCUT2D eigenvalue weighted by Gasteiger charge is -2.07. The van der Waals surface area contributed by atoms with Gasteiger partial charge in [-0.05, 0) is 30.7 Å². The number of nitrogens with zero attached hydrogens (tertiary/aromatic N) is 1. The third-order valence-electron chi connectivity index (χ3n) is 2.50. The summed E-state index contributed by atoms with van der Waals surface area (Å²) in [6.07, 6.45) is 1.75. The van der Waals surface area contributed by atoms with Crippen molar-refractivity contribution in [3.8, 4) is 11.3 Å². The number of aromatic amines is 1. The number of hydrogen-bond donors (Lipinski definition) is 1. The summed E-state index contributed by atoms with van der Waals surface area (Å²) < 4.78 is 13.7. The number of aryl methyl sites for hydroxylation is 1. The number of rotatable bonds is 3. The molecule has 5 heteroatoms. The summed E-state index contributed by atoms with van der Waals surface area (Å²) in [6, 6.07) is 5.94. The average molecular weight is 283 g/mol. The van der Waals surface area contributed by atoms with Crippen LogP contribution in [-0.4, -0.2) is 9.97 Å². The molecule has 0 amide bonds. The second kappa shape index (κ2) is 5.59. The summed E-state index contributed by atoms with van der Waals surface area (Å²) in [4.78, 5) is 7.37. The second-order valence-corrected chi connectivity index (χ2v) is 4.78. The van der Waals surface area contributed by atoms with Gasteiger partial charge < -0.3 is 4.98 Å². The van der Waals surface area contributed by atoms with Gasteiger partial charge in [0.05, 0.1) is 10.7 Å². The first-order valence-corrected chi connectivity index (χ1v) is 6.44. The van der Waals surface area contributed by atoms with Crippen molar-refractivity contribution in [2.24, 2.45) is 0 Å². The molecule has 1 N–H and O–H groups in total. The lowest BCUT2D eigenvalue weighted by Crippen LogP contribution is -1.97. The number of H-pyrrole nitrogens is 1. The highest BCUT2D eigenvalue weighted by molar-refractivity contribution is 7.71. The predicted molar refractivity (Wildman–Crippen MR) is 73.8 cm³/mol. The molecule has 0 atom stereocenters. The Kier molecular flexibility index (Phi) is 4.09. The van der Waals surface area contributed by atoms with Crippen LogP contribution in [0, 0.1) is 10.5 Å². The second-order valence-electron chi connectivity index (χ2n) is 3.95. The van der Waals surface area contributed by atoms with E-state index in [-0.39, 0.29) is 5.82 Å². The van der Waals surface area contributed by atoms with Gasteiger partial charge in [0.25, 0.3) is 0 Å². The van der Waals surface area contributed by atoms with Gasteiger partial charge in [0, 0.05) is 12.0 Å². The SMILES string of the molecule is CCCc1nc(=S)cc(-c2cc(F)ccc2Cl)[nH]1. The number of benzene rings is 1. The molecular formula is C13H12ClFN2S. The van der Waals surface area contributed by atoms with Crippen LogP contribution in [0.2, 0.25) is 5.02 Å². The summed E-state index contributed by atoms with van der Waals surface area (Å²) >= 11 is 11.2. The molecule has 0 bridgehead atoms. The van der Waals surface area contributed by atoms with Crippen LogP contribution < -0.4 is 0 Å². The van der Waals surface area contributed by atoms with Crippen LogP contribution in [0.25, 0.3) is 11.3 Å². The molecule has 0 saturated carbocycles. The summed E-state index contributed by atoms with van der Waals surface area (Å²) in [5, 5.41) is 0.482. The van der Waals surface area contributed by atoms with Crippen LogP contribution in [0.4, 0.5) is 4.39 Å². The molecule has 0 saturated heterocycles. The molecule has 2 aromatic rings. The zero-order chi connectivity index (χ0) is 13.1. The highest BCUT2D eigenvalue weighted by atomic mass is 35.5. The van der Waals surface area contributed by atoms with Gasteiger partial charge in [0.2, 0.25) is 0 Å². The van der Waals surface area contributed by atoms with Gasteiger partial charge in [-0.25, -0.2) is 9.37 Å². The third kappa shape index (κ3) is 2.94. The fourth-order valence-corrected chi connectivity index (χ4v) is 2.16. The summed E-state index contributed by atoms with van der Waals surface area (Å²) in [5.41, 5.74) is 1.30. The van der Waals surface area contributed by atoms with E-state index in [0.717, 1.165) is 18.7 Å². The van der Waals surface area contributed by atoms with Crippen molar-refractivity contribution < 1.29 is 4.39 Å². The highest BCUT2D eigenvalue weighted by Gasteiger charge is 2.07. The fourth-order valence-electron chi connectivity index (χ4n) is 1.71. The Labute approximate surface area is 115 Å². The quantitative estimate of drug-likeness (QED) is 0.837. The van der Waals surface area contributed by atoms with E-state index in [4.69, 9.17) is 23.8 Å². The van der Waals surface area contributed by atoms with Gasteiger partial charge in [-0.3, -0.25) is 0 Å². The van der Waals surface area contributed by atoms with Gasteiger partial charge in [0.1, 0.15) is 16.3 Å². The Balaban J connectivity index is 2.56. The van der Waals surface area contributed by atoms with E-state index in [1.165, 1.54) is 18.2 Å². The Morgan fingerprint density at radius 3 is 2.89 bits per heavy atom. The van der Waals surface area contributed by atoms with Crippen LogP contribution in [0.5, 0.6) is 0 Å². The van der Waals surface area contributed by atoms with E-state index < -0.39 is 0 Å². The van der Waals surface area contributed by atoms with Gasteiger partial charge in [-0.15, -0.1) is 0 Å². The minimum absolute atomic E-state index is 0.331. The largest absolute Gasteiger partial charge is 0.343 e. The summed E-state index contributed by atoms with van der Waals surface area (Å²) in [6.45, 7) is 2.06. The van der Waals surface area contributed by atoms with E-state index in [9.17, 15) is 4.39 Å². The number of halogens is 2. The van der Waals surface area contributed by atoms with E-state index in [0.29, 0.717) is 20.9 Å². The summed E-state index contributed by atoms with van der Waals surface area (Å²) in [5.74, 6) is 0.461. The van der Waals surface area contributed by atoms with Crippen molar-refractivity contribution in [1.82, 2.24) is 9.97 Å². The molecule has 0 spiro atoms. The van der Waals surface area contributed by atoms with Gasteiger partial charge in [0.15, 0.2) is 0 Å². The molecule has 1 aromatic heterocycles. The minimum Gasteiger partial charge on any atom is -0.343 e. The van der Waals surface area contributed by atoms with Crippen LogP contribution in [-0.2, 0) is 6.42 Å². The Hall–Kier alpha value is -1.26. The Morgan fingerprint density at radius 2 is 2.17 bits per heavy atom. The zero-order valence-electron chi connectivity index (χ0n) is 9.84. The molecule has 2 rings (SSSR count). The summed E-state index contributed by atoms with van der Waals surface area (Å²) in [7, 11) is 0. The molecule has 0 radical (unpaired) electrons. The molecule has 0 aliphatic rings. The molecule has 18 heavy (non-hydrogen) atoms. The minimum atomic E-state index is -0.331. The molecule has 1 aromatic carbocycles. The topological polar surface area (TPSA) is 28.7 Å². The number of aromatic nitrogens is 2. The van der Waals surface area contributed by atoms with Crippen molar-refractivity contribution in [3.05, 3.63) is 45.6 Å². The first kappa shape index (κ1) is 13.2. The van der Waals surface area contributed by atoms with Crippen LogP contribution >= 0.6 is 23.8 Å². The van der Waals surface area contributed by atoms with Crippen LogP contribution in [0.1, 0.15) is 19.2 Å². The van der Waals surface area contributed by atoms with Crippen LogP contribution in [0.3, 0.4) is 0 Å². The Morgan fingerprint density at radius 1 is 1.39 bits per heavy atom. The molecule has 2 nitrogen and oxygen atoms in total. The number of nitrogens with one attached hydrogen (secondary N) is 1. The van der Waals surface area contributed by atoms with Crippen molar-refractivity contribution in [2.45, 2.75) is 19.8 Å². The fraction of sp³-hybridized carbons (Fsp3) is 0.231. The molecule has 94 valence electrons. The molecule has 0 aliphatic carbocycles. The van der Waals surface area contributed by atoms with E-state index >= 15 is 0 Å². The molecule has 0 unspecified atom stereocenters. The van der Waals surface area contributed by atoms with Gasteiger partial charge in [-0.2, -0.15) is 0 Å². The maximum absolute atomic E-state index is 13.3. The lowest BCUT2D eigenvalue weighted by atomic mass is 10.1. The molecular weight excluding hydrogens is 271 g/mol. The van der Waals surface area contributed by atoms with Crippen molar-refractivity contribution >= 4 is 23.8 Å². The first-order chi connectivity index (χ1) is 8.60. The molecule has 1 heterocycles. The maximum Gasteiger partial charge on any atom is 0.130 e. The molecule has 0 aliphatic heterocycles. The maximum atomic E-state index is 13.3. The van der Waals surface area contributed by atoms with Crippen molar-refractivity contribution in [1.29, 1.82) is 0 Å². The predicted octanol–water partition coefficient (Wildman–Crippen LogP) is 4.55. The van der Waals surface area contributed by atoms with E-state index in [1.54, 1.807) is 6.07 Å². The third-order valence-corrected chi connectivity index (χ3v) is 3.04. The Bertz CT molecular complexity index is 625. The van der Waals surface area contributed by atoms with E-state index in [2.05, 4.69) is 16.9 Å².